The fourth-order valence-corrected chi connectivity index (χ4v) is 2.77. The van der Waals surface area contributed by atoms with E-state index in [0.29, 0.717) is 5.95 Å². The Hall–Kier alpha value is -2.10. The lowest BCUT2D eigenvalue weighted by Crippen LogP contribution is -2.33. The summed E-state index contributed by atoms with van der Waals surface area (Å²) in [5, 5.41) is 3.31. The van der Waals surface area contributed by atoms with Crippen molar-refractivity contribution in [1.29, 1.82) is 0 Å². The highest BCUT2D eigenvalue weighted by atomic mass is 15.2. The van der Waals surface area contributed by atoms with Crippen LogP contribution in [0.25, 0.3) is 0 Å². The predicted octanol–water partition coefficient (Wildman–Crippen LogP) is 4.07. The van der Waals surface area contributed by atoms with Crippen LogP contribution in [-0.4, -0.2) is 23.1 Å². The molecule has 116 valence electrons. The van der Waals surface area contributed by atoms with Gasteiger partial charge >= 0.3 is 0 Å². The van der Waals surface area contributed by atoms with E-state index in [1.165, 1.54) is 24.0 Å². The average molecular weight is 296 g/mol. The lowest BCUT2D eigenvalue weighted by atomic mass is 9.99. The molecule has 4 heteroatoms. The summed E-state index contributed by atoms with van der Waals surface area (Å²) < 4.78 is 0. The van der Waals surface area contributed by atoms with Crippen LogP contribution >= 0.6 is 0 Å². The first-order chi connectivity index (χ1) is 10.6. The summed E-state index contributed by atoms with van der Waals surface area (Å²) in [5.41, 5.74) is 3.60. The molecule has 0 spiro atoms. The first-order valence-corrected chi connectivity index (χ1v) is 8.04. The Morgan fingerprint density at radius 2 is 1.86 bits per heavy atom. The van der Waals surface area contributed by atoms with Crippen molar-refractivity contribution in [2.24, 2.45) is 5.92 Å². The van der Waals surface area contributed by atoms with E-state index in [9.17, 15) is 0 Å². The van der Waals surface area contributed by atoms with Crippen LogP contribution in [-0.2, 0) is 0 Å². The number of rotatable bonds is 3. The minimum atomic E-state index is 0.666. The molecule has 4 nitrogen and oxygen atoms in total. The molecule has 22 heavy (non-hydrogen) atoms. The molecule has 2 heterocycles. The predicted molar refractivity (Wildman–Crippen MR) is 91.8 cm³/mol. The molecule has 0 saturated carbocycles. The van der Waals surface area contributed by atoms with Crippen LogP contribution in [0.15, 0.2) is 30.5 Å². The number of hydrogen-bond donors (Lipinski definition) is 1. The van der Waals surface area contributed by atoms with E-state index in [0.717, 1.165) is 30.5 Å². The van der Waals surface area contributed by atoms with Crippen molar-refractivity contribution in [2.45, 2.75) is 33.6 Å². The molecule has 1 aromatic heterocycles. The van der Waals surface area contributed by atoms with Gasteiger partial charge in [0.25, 0.3) is 0 Å². The summed E-state index contributed by atoms with van der Waals surface area (Å²) in [6.07, 6.45) is 4.32. The molecule has 1 aromatic carbocycles. The van der Waals surface area contributed by atoms with Gasteiger partial charge < -0.3 is 10.2 Å². The van der Waals surface area contributed by atoms with Crippen LogP contribution in [0.3, 0.4) is 0 Å². The van der Waals surface area contributed by atoms with Gasteiger partial charge in [0.2, 0.25) is 5.95 Å². The number of hydrogen-bond acceptors (Lipinski definition) is 4. The van der Waals surface area contributed by atoms with Gasteiger partial charge in [-0.15, -0.1) is 0 Å². The SMILES string of the molecule is Cc1ccc(Nc2nccc(N3CCC(C)CC3)n2)cc1C. The minimum absolute atomic E-state index is 0.666. The molecule has 1 saturated heterocycles. The third-order valence-electron chi connectivity index (χ3n) is 4.51. The Balaban J connectivity index is 1.74. The number of piperidine rings is 1. The van der Waals surface area contributed by atoms with E-state index in [4.69, 9.17) is 0 Å². The standard InChI is InChI=1S/C18H24N4/c1-13-7-10-22(11-8-13)17-6-9-19-18(21-17)20-16-5-4-14(2)15(3)12-16/h4-6,9,12-13H,7-8,10-11H2,1-3H3,(H,19,20,21). The van der Waals surface area contributed by atoms with Crippen LogP contribution in [0.1, 0.15) is 30.9 Å². The largest absolute Gasteiger partial charge is 0.356 e. The Bertz CT molecular complexity index is 645. The van der Waals surface area contributed by atoms with Crippen molar-refractivity contribution < 1.29 is 0 Å². The van der Waals surface area contributed by atoms with Gasteiger partial charge in [0.05, 0.1) is 0 Å². The zero-order valence-electron chi connectivity index (χ0n) is 13.6. The van der Waals surface area contributed by atoms with E-state index in [1.807, 2.05) is 12.3 Å². The first-order valence-electron chi connectivity index (χ1n) is 8.04. The van der Waals surface area contributed by atoms with Gasteiger partial charge in [0.1, 0.15) is 5.82 Å². The fraction of sp³-hybridized carbons (Fsp3) is 0.444. The second-order valence-corrected chi connectivity index (χ2v) is 6.33. The van der Waals surface area contributed by atoms with Crippen LogP contribution in [0.2, 0.25) is 0 Å². The summed E-state index contributed by atoms with van der Waals surface area (Å²) in [5.74, 6) is 2.51. The van der Waals surface area contributed by atoms with E-state index < -0.39 is 0 Å². The average Bonchev–Trinajstić information content (AvgIpc) is 2.52. The van der Waals surface area contributed by atoms with Crippen molar-refractivity contribution >= 4 is 17.5 Å². The molecule has 0 unspecified atom stereocenters. The zero-order chi connectivity index (χ0) is 15.5. The second kappa shape index (κ2) is 6.34. The second-order valence-electron chi connectivity index (χ2n) is 6.33. The Kier molecular flexibility index (Phi) is 4.27. The summed E-state index contributed by atoms with van der Waals surface area (Å²) in [7, 11) is 0. The van der Waals surface area contributed by atoms with Crippen molar-refractivity contribution in [3.8, 4) is 0 Å². The zero-order valence-corrected chi connectivity index (χ0v) is 13.6. The molecule has 2 aromatic rings. The summed E-state index contributed by atoms with van der Waals surface area (Å²) in [6, 6.07) is 8.32. The van der Waals surface area contributed by atoms with Gasteiger partial charge in [-0.05, 0) is 61.9 Å². The van der Waals surface area contributed by atoms with Gasteiger partial charge in [-0.1, -0.05) is 13.0 Å². The third kappa shape index (κ3) is 3.38. The lowest BCUT2D eigenvalue weighted by molar-refractivity contribution is 0.436. The van der Waals surface area contributed by atoms with Gasteiger partial charge in [0, 0.05) is 25.0 Å². The van der Waals surface area contributed by atoms with E-state index in [2.05, 4.69) is 59.2 Å². The Morgan fingerprint density at radius 3 is 2.59 bits per heavy atom. The topological polar surface area (TPSA) is 41.1 Å². The van der Waals surface area contributed by atoms with Crippen molar-refractivity contribution in [3.05, 3.63) is 41.6 Å². The maximum atomic E-state index is 4.67. The monoisotopic (exact) mass is 296 g/mol. The number of benzene rings is 1. The molecule has 0 amide bonds. The van der Waals surface area contributed by atoms with E-state index in [1.54, 1.807) is 0 Å². The lowest BCUT2D eigenvalue weighted by Gasteiger charge is -2.31. The van der Waals surface area contributed by atoms with E-state index >= 15 is 0 Å². The molecular weight excluding hydrogens is 272 g/mol. The van der Waals surface area contributed by atoms with Crippen LogP contribution in [0.4, 0.5) is 17.5 Å². The van der Waals surface area contributed by atoms with Crippen LogP contribution in [0, 0.1) is 19.8 Å². The number of aromatic nitrogens is 2. The van der Waals surface area contributed by atoms with Gasteiger partial charge in [-0.2, -0.15) is 4.98 Å². The smallest absolute Gasteiger partial charge is 0.229 e. The highest BCUT2D eigenvalue weighted by molar-refractivity contribution is 5.57. The number of anilines is 3. The molecule has 0 bridgehead atoms. The Morgan fingerprint density at radius 1 is 1.09 bits per heavy atom. The van der Waals surface area contributed by atoms with Gasteiger partial charge in [0.15, 0.2) is 0 Å². The summed E-state index contributed by atoms with van der Waals surface area (Å²) in [4.78, 5) is 11.4. The molecule has 1 fully saturated rings. The summed E-state index contributed by atoms with van der Waals surface area (Å²) in [6.45, 7) is 8.73. The van der Waals surface area contributed by atoms with Gasteiger partial charge in [-0.25, -0.2) is 4.98 Å². The molecule has 1 aliphatic rings. The van der Waals surface area contributed by atoms with Crippen molar-refractivity contribution in [3.63, 3.8) is 0 Å². The van der Waals surface area contributed by atoms with Gasteiger partial charge in [-0.3, -0.25) is 0 Å². The summed E-state index contributed by atoms with van der Waals surface area (Å²) >= 11 is 0. The Labute approximate surface area is 132 Å². The number of aryl methyl sites for hydroxylation is 2. The molecule has 0 radical (unpaired) electrons. The van der Waals surface area contributed by atoms with E-state index in [-0.39, 0.29) is 0 Å². The minimum Gasteiger partial charge on any atom is -0.356 e. The molecule has 1 N–H and O–H groups in total. The maximum absolute atomic E-state index is 4.67. The van der Waals surface area contributed by atoms with Crippen LogP contribution < -0.4 is 10.2 Å². The number of nitrogens with one attached hydrogen (secondary N) is 1. The molecule has 3 rings (SSSR count). The third-order valence-corrected chi connectivity index (χ3v) is 4.51. The molecular formula is C18H24N4. The molecule has 0 aliphatic carbocycles. The first kappa shape index (κ1) is 14.8. The quantitative estimate of drug-likeness (QED) is 0.927. The maximum Gasteiger partial charge on any atom is 0.229 e. The number of nitrogens with zero attached hydrogens (tertiary/aromatic N) is 3. The van der Waals surface area contributed by atoms with Crippen molar-refractivity contribution in [2.75, 3.05) is 23.3 Å². The highest BCUT2D eigenvalue weighted by Crippen LogP contribution is 2.23. The van der Waals surface area contributed by atoms with Crippen molar-refractivity contribution in [1.82, 2.24) is 9.97 Å². The normalized spacial score (nSPS) is 15.9. The highest BCUT2D eigenvalue weighted by Gasteiger charge is 2.17. The molecule has 0 atom stereocenters. The molecule has 1 aliphatic heterocycles. The fourth-order valence-electron chi connectivity index (χ4n) is 2.77. The van der Waals surface area contributed by atoms with Crippen LogP contribution in [0.5, 0.6) is 0 Å².